The van der Waals surface area contributed by atoms with E-state index in [1.54, 1.807) is 6.07 Å². The minimum Gasteiger partial charge on any atom is -0.397 e. The maximum absolute atomic E-state index is 8.61. The molecule has 0 aliphatic heterocycles. The van der Waals surface area contributed by atoms with Gasteiger partial charge in [0.15, 0.2) is 0 Å². The molecule has 0 aromatic heterocycles. The summed E-state index contributed by atoms with van der Waals surface area (Å²) >= 11 is 5.86. The summed E-state index contributed by atoms with van der Waals surface area (Å²) in [6.45, 7) is 2.48. The Morgan fingerprint density at radius 2 is 2.23 bits per heavy atom. The zero-order chi connectivity index (χ0) is 9.84. The van der Waals surface area contributed by atoms with Gasteiger partial charge < -0.3 is 16.2 Å². The molecule has 13 heavy (non-hydrogen) atoms. The van der Waals surface area contributed by atoms with Crippen LogP contribution in [-0.4, -0.2) is 18.3 Å². The molecule has 4 N–H and O–H groups in total. The fourth-order valence-corrected chi connectivity index (χ4v) is 1.21. The van der Waals surface area contributed by atoms with Crippen molar-refractivity contribution in [3.63, 3.8) is 0 Å². The Kier molecular flexibility index (Phi) is 3.39. The van der Waals surface area contributed by atoms with Gasteiger partial charge >= 0.3 is 0 Å². The van der Waals surface area contributed by atoms with Gasteiger partial charge in [-0.1, -0.05) is 11.6 Å². The highest BCUT2D eigenvalue weighted by Gasteiger charge is 2.02. The molecule has 0 saturated heterocycles. The SMILES string of the molecule is Cc1cc(NCCO)c(N)cc1Cl. The number of rotatable bonds is 3. The van der Waals surface area contributed by atoms with E-state index in [0.29, 0.717) is 17.3 Å². The third kappa shape index (κ3) is 2.50. The highest BCUT2D eigenvalue weighted by molar-refractivity contribution is 6.31. The quantitative estimate of drug-likeness (QED) is 0.651. The fourth-order valence-electron chi connectivity index (χ4n) is 1.04. The topological polar surface area (TPSA) is 58.3 Å². The summed E-state index contributed by atoms with van der Waals surface area (Å²) in [6, 6.07) is 3.57. The van der Waals surface area contributed by atoms with Gasteiger partial charge in [-0.3, -0.25) is 0 Å². The van der Waals surface area contributed by atoms with Crippen LogP contribution in [-0.2, 0) is 0 Å². The van der Waals surface area contributed by atoms with Crippen LogP contribution >= 0.6 is 11.6 Å². The molecular weight excluding hydrogens is 188 g/mol. The lowest BCUT2D eigenvalue weighted by Crippen LogP contribution is -2.07. The smallest absolute Gasteiger partial charge is 0.0604 e. The van der Waals surface area contributed by atoms with E-state index in [2.05, 4.69) is 5.32 Å². The van der Waals surface area contributed by atoms with E-state index in [0.717, 1.165) is 11.3 Å². The number of nitrogen functional groups attached to an aromatic ring is 1. The van der Waals surface area contributed by atoms with Crippen LogP contribution in [0.15, 0.2) is 12.1 Å². The Hall–Kier alpha value is -0.930. The lowest BCUT2D eigenvalue weighted by molar-refractivity contribution is 0.311. The molecule has 0 heterocycles. The maximum atomic E-state index is 8.61. The average molecular weight is 201 g/mol. The number of aryl methyl sites for hydroxylation is 1. The van der Waals surface area contributed by atoms with Crippen LogP contribution in [0.3, 0.4) is 0 Å². The summed E-state index contributed by atoms with van der Waals surface area (Å²) in [5.74, 6) is 0. The molecule has 0 amide bonds. The van der Waals surface area contributed by atoms with E-state index in [-0.39, 0.29) is 6.61 Å². The summed E-state index contributed by atoms with van der Waals surface area (Å²) in [7, 11) is 0. The zero-order valence-electron chi connectivity index (χ0n) is 7.47. The summed E-state index contributed by atoms with van der Waals surface area (Å²) in [4.78, 5) is 0. The maximum Gasteiger partial charge on any atom is 0.0604 e. The van der Waals surface area contributed by atoms with Gasteiger partial charge in [0.2, 0.25) is 0 Å². The number of hydrogen-bond donors (Lipinski definition) is 3. The minimum absolute atomic E-state index is 0.0844. The van der Waals surface area contributed by atoms with Crippen LogP contribution in [0, 0.1) is 6.92 Å². The molecule has 0 saturated carbocycles. The Balaban J connectivity index is 2.88. The molecule has 72 valence electrons. The van der Waals surface area contributed by atoms with E-state index < -0.39 is 0 Å². The van der Waals surface area contributed by atoms with Gasteiger partial charge in [-0.05, 0) is 24.6 Å². The number of hydrogen-bond acceptors (Lipinski definition) is 3. The lowest BCUT2D eigenvalue weighted by Gasteiger charge is -2.09. The minimum atomic E-state index is 0.0844. The first kappa shape index (κ1) is 10.2. The molecule has 0 spiro atoms. The van der Waals surface area contributed by atoms with Crippen molar-refractivity contribution in [3.05, 3.63) is 22.7 Å². The Labute approximate surface area is 82.5 Å². The van der Waals surface area contributed by atoms with Gasteiger partial charge in [0.25, 0.3) is 0 Å². The monoisotopic (exact) mass is 200 g/mol. The summed E-state index contributed by atoms with van der Waals surface area (Å²) in [5, 5.41) is 12.3. The zero-order valence-corrected chi connectivity index (χ0v) is 8.23. The molecule has 1 rings (SSSR count). The van der Waals surface area contributed by atoms with E-state index in [1.165, 1.54) is 0 Å². The summed E-state index contributed by atoms with van der Waals surface area (Å²) < 4.78 is 0. The van der Waals surface area contributed by atoms with Crippen LogP contribution in [0.1, 0.15) is 5.56 Å². The second kappa shape index (κ2) is 4.35. The van der Waals surface area contributed by atoms with Crippen molar-refractivity contribution < 1.29 is 5.11 Å². The van der Waals surface area contributed by atoms with Gasteiger partial charge in [-0.25, -0.2) is 0 Å². The first-order chi connectivity index (χ1) is 6.15. The van der Waals surface area contributed by atoms with Crippen LogP contribution < -0.4 is 11.1 Å². The molecule has 0 aliphatic rings. The molecule has 0 aliphatic carbocycles. The van der Waals surface area contributed by atoms with Crippen molar-refractivity contribution in [3.8, 4) is 0 Å². The first-order valence-electron chi connectivity index (χ1n) is 4.05. The van der Waals surface area contributed by atoms with E-state index in [9.17, 15) is 0 Å². The predicted octanol–water partition coefficient (Wildman–Crippen LogP) is 1.63. The number of halogens is 1. The Bertz CT molecular complexity index is 302. The van der Waals surface area contributed by atoms with Gasteiger partial charge in [0.1, 0.15) is 0 Å². The van der Waals surface area contributed by atoms with Crippen LogP contribution in [0.4, 0.5) is 11.4 Å². The van der Waals surface area contributed by atoms with Gasteiger partial charge in [0.05, 0.1) is 18.0 Å². The number of aliphatic hydroxyl groups excluding tert-OH is 1. The molecule has 0 unspecified atom stereocenters. The summed E-state index contributed by atoms with van der Waals surface area (Å²) in [5.41, 5.74) is 8.09. The summed E-state index contributed by atoms with van der Waals surface area (Å²) in [6.07, 6.45) is 0. The van der Waals surface area contributed by atoms with Crippen LogP contribution in [0.2, 0.25) is 5.02 Å². The third-order valence-corrected chi connectivity index (χ3v) is 2.17. The van der Waals surface area contributed by atoms with E-state index in [4.69, 9.17) is 22.4 Å². The van der Waals surface area contributed by atoms with E-state index in [1.807, 2.05) is 13.0 Å². The van der Waals surface area contributed by atoms with Gasteiger partial charge in [0, 0.05) is 11.6 Å². The third-order valence-electron chi connectivity index (χ3n) is 1.76. The van der Waals surface area contributed by atoms with Crippen LogP contribution in [0.25, 0.3) is 0 Å². The van der Waals surface area contributed by atoms with E-state index >= 15 is 0 Å². The normalized spacial score (nSPS) is 10.1. The number of nitrogens with one attached hydrogen (secondary N) is 1. The molecule has 1 aromatic rings. The average Bonchev–Trinajstić information content (AvgIpc) is 2.09. The molecule has 0 bridgehead atoms. The molecule has 1 aromatic carbocycles. The number of benzene rings is 1. The van der Waals surface area contributed by atoms with Crippen molar-refractivity contribution in [2.24, 2.45) is 0 Å². The predicted molar refractivity (Wildman–Crippen MR) is 56.2 cm³/mol. The first-order valence-corrected chi connectivity index (χ1v) is 4.43. The highest BCUT2D eigenvalue weighted by atomic mass is 35.5. The Morgan fingerprint density at radius 3 is 2.85 bits per heavy atom. The number of nitrogens with two attached hydrogens (primary N) is 1. The lowest BCUT2D eigenvalue weighted by atomic mass is 10.2. The molecule has 4 heteroatoms. The highest BCUT2D eigenvalue weighted by Crippen LogP contribution is 2.26. The molecular formula is C9H13ClN2O. The molecule has 0 radical (unpaired) electrons. The van der Waals surface area contributed by atoms with Crippen LogP contribution in [0.5, 0.6) is 0 Å². The second-order valence-electron chi connectivity index (χ2n) is 2.84. The fraction of sp³-hybridized carbons (Fsp3) is 0.333. The van der Waals surface area contributed by atoms with Crippen molar-refractivity contribution in [2.45, 2.75) is 6.92 Å². The Morgan fingerprint density at radius 1 is 1.54 bits per heavy atom. The van der Waals surface area contributed by atoms with Crippen molar-refractivity contribution >= 4 is 23.0 Å². The van der Waals surface area contributed by atoms with Gasteiger partial charge in [-0.15, -0.1) is 0 Å². The number of anilines is 2. The van der Waals surface area contributed by atoms with Crippen molar-refractivity contribution in [1.82, 2.24) is 0 Å². The largest absolute Gasteiger partial charge is 0.397 e. The molecule has 0 atom stereocenters. The van der Waals surface area contributed by atoms with Gasteiger partial charge in [-0.2, -0.15) is 0 Å². The number of aliphatic hydroxyl groups is 1. The standard InChI is InChI=1S/C9H13ClN2O/c1-6-4-9(12-2-3-13)8(11)5-7(6)10/h4-5,12-13H,2-3,11H2,1H3. The molecule has 3 nitrogen and oxygen atoms in total. The van der Waals surface area contributed by atoms with Crippen molar-refractivity contribution in [2.75, 3.05) is 24.2 Å². The van der Waals surface area contributed by atoms with Crippen molar-refractivity contribution in [1.29, 1.82) is 0 Å². The second-order valence-corrected chi connectivity index (χ2v) is 3.25. The molecule has 0 fully saturated rings.